The average Bonchev–Trinajstić information content (AvgIpc) is 2.08. The number of aromatic nitrogens is 1. The van der Waals surface area contributed by atoms with Crippen molar-refractivity contribution in [3.05, 3.63) is 33.5 Å². The minimum atomic E-state index is -3.02. The third kappa shape index (κ3) is 1.72. The van der Waals surface area contributed by atoms with Crippen molar-refractivity contribution in [2.75, 3.05) is 0 Å². The van der Waals surface area contributed by atoms with Crippen molar-refractivity contribution in [2.45, 2.75) is 13.0 Å². The Morgan fingerprint density at radius 3 is 2.62 bits per heavy atom. The Bertz CT molecular complexity index is 361. The minimum absolute atomic E-state index is 0.138. The molecule has 0 bridgehead atoms. The van der Waals surface area contributed by atoms with E-state index in [0.29, 0.717) is 0 Å². The summed E-state index contributed by atoms with van der Waals surface area (Å²) in [5.74, 6) is -1.23. The molecule has 0 fully saturated rings. The van der Waals surface area contributed by atoms with Crippen molar-refractivity contribution >= 4 is 0 Å². The van der Waals surface area contributed by atoms with Crippen LogP contribution < -0.4 is 11.2 Å². The average molecular weight is 192 g/mol. The molecule has 6 heteroatoms. The first kappa shape index (κ1) is 9.79. The molecule has 0 unspecified atom stereocenters. The summed E-state index contributed by atoms with van der Waals surface area (Å²) in [5.41, 5.74) is 2.76. The predicted octanol–water partition coefficient (Wildman–Crippen LogP) is 0.910. The largest absolute Gasteiger partial charge is 0.361 e. The third-order valence-corrected chi connectivity index (χ3v) is 1.58. The number of nitrogens with two attached hydrogens (primary N) is 1. The quantitative estimate of drug-likeness (QED) is 0.731. The fourth-order valence-corrected chi connectivity index (χ4v) is 0.959. The zero-order valence-electron chi connectivity index (χ0n) is 6.48. The van der Waals surface area contributed by atoms with Crippen LogP contribution in [0.15, 0.2) is 11.0 Å². The summed E-state index contributed by atoms with van der Waals surface area (Å²) >= 11 is 0. The van der Waals surface area contributed by atoms with Crippen LogP contribution in [0.4, 0.5) is 13.2 Å². The van der Waals surface area contributed by atoms with Crippen LogP contribution in [0.5, 0.6) is 0 Å². The van der Waals surface area contributed by atoms with Crippen molar-refractivity contribution in [1.29, 1.82) is 0 Å². The summed E-state index contributed by atoms with van der Waals surface area (Å²) in [5, 5.41) is 0. The maximum Gasteiger partial charge on any atom is 0.269 e. The summed E-state index contributed by atoms with van der Waals surface area (Å²) in [6.07, 6.45) is -2.30. The van der Waals surface area contributed by atoms with Gasteiger partial charge < -0.3 is 10.7 Å². The lowest BCUT2D eigenvalue weighted by Gasteiger charge is -2.05. The molecule has 1 rings (SSSR count). The van der Waals surface area contributed by atoms with E-state index in [9.17, 15) is 18.0 Å². The molecule has 1 aromatic rings. The lowest BCUT2D eigenvalue weighted by Crippen LogP contribution is -2.19. The van der Waals surface area contributed by atoms with Crippen molar-refractivity contribution in [1.82, 2.24) is 4.98 Å². The highest BCUT2D eigenvalue weighted by molar-refractivity contribution is 5.21. The van der Waals surface area contributed by atoms with Gasteiger partial charge in [-0.3, -0.25) is 4.79 Å². The van der Waals surface area contributed by atoms with Crippen molar-refractivity contribution < 1.29 is 13.2 Å². The van der Waals surface area contributed by atoms with E-state index in [2.05, 4.69) is 4.98 Å². The molecule has 1 aromatic heterocycles. The maximum atomic E-state index is 12.5. The van der Waals surface area contributed by atoms with Gasteiger partial charge in [-0.2, -0.15) is 0 Å². The van der Waals surface area contributed by atoms with Gasteiger partial charge in [0.25, 0.3) is 6.43 Å². The van der Waals surface area contributed by atoms with Gasteiger partial charge in [0.15, 0.2) is 5.82 Å². The van der Waals surface area contributed by atoms with Gasteiger partial charge in [0.05, 0.1) is 5.56 Å². The van der Waals surface area contributed by atoms with E-state index in [1.807, 2.05) is 0 Å². The molecule has 0 aliphatic heterocycles. The van der Waals surface area contributed by atoms with E-state index >= 15 is 0 Å². The Kier molecular flexibility index (Phi) is 2.72. The molecule has 0 spiro atoms. The van der Waals surface area contributed by atoms with Crippen molar-refractivity contribution in [3.63, 3.8) is 0 Å². The van der Waals surface area contributed by atoms with Gasteiger partial charge in [0, 0.05) is 18.4 Å². The highest BCUT2D eigenvalue weighted by Gasteiger charge is 2.19. The van der Waals surface area contributed by atoms with Gasteiger partial charge in [0.1, 0.15) is 0 Å². The molecule has 3 N–H and O–H groups in total. The molecule has 0 amide bonds. The Morgan fingerprint density at radius 1 is 1.54 bits per heavy atom. The number of hydrogen-bond donors (Lipinski definition) is 2. The molecule has 0 atom stereocenters. The fraction of sp³-hybridized carbons (Fsp3) is 0.286. The highest BCUT2D eigenvalue weighted by atomic mass is 19.3. The van der Waals surface area contributed by atoms with Crippen LogP contribution in [0, 0.1) is 5.82 Å². The zero-order valence-corrected chi connectivity index (χ0v) is 6.48. The van der Waals surface area contributed by atoms with E-state index in [-0.39, 0.29) is 12.2 Å². The molecular formula is C7H7F3N2O. The van der Waals surface area contributed by atoms with E-state index in [1.165, 1.54) is 0 Å². The van der Waals surface area contributed by atoms with E-state index in [0.717, 1.165) is 6.20 Å². The Labute approximate surface area is 71.4 Å². The highest BCUT2D eigenvalue weighted by Crippen LogP contribution is 2.17. The molecule has 0 aromatic carbocycles. The van der Waals surface area contributed by atoms with Crippen LogP contribution in [0.2, 0.25) is 0 Å². The first-order valence-corrected chi connectivity index (χ1v) is 3.46. The number of H-pyrrole nitrogens is 1. The summed E-state index contributed by atoms with van der Waals surface area (Å²) in [6.45, 7) is -0.255. The summed E-state index contributed by atoms with van der Waals surface area (Å²) < 4.78 is 37.0. The van der Waals surface area contributed by atoms with Crippen molar-refractivity contribution in [3.8, 4) is 0 Å². The first-order chi connectivity index (χ1) is 6.07. The normalized spacial score (nSPS) is 10.8. The number of aromatic amines is 1. The van der Waals surface area contributed by atoms with Crippen LogP contribution in [0.25, 0.3) is 0 Å². The van der Waals surface area contributed by atoms with Crippen LogP contribution in [-0.2, 0) is 6.54 Å². The number of nitrogens with one attached hydrogen (secondary N) is 1. The van der Waals surface area contributed by atoms with Gasteiger partial charge >= 0.3 is 0 Å². The van der Waals surface area contributed by atoms with Gasteiger partial charge in [-0.25, -0.2) is 13.2 Å². The molecule has 3 nitrogen and oxygen atoms in total. The third-order valence-electron chi connectivity index (χ3n) is 1.58. The topological polar surface area (TPSA) is 58.9 Å². The molecular weight excluding hydrogens is 185 g/mol. The molecule has 0 radical (unpaired) electrons. The molecule has 0 saturated carbocycles. The lowest BCUT2D eigenvalue weighted by molar-refractivity contribution is 0.147. The number of alkyl halides is 2. The molecule has 13 heavy (non-hydrogen) atoms. The van der Waals surface area contributed by atoms with Gasteiger partial charge in [-0.1, -0.05) is 0 Å². The summed E-state index contributed by atoms with van der Waals surface area (Å²) in [7, 11) is 0. The second-order valence-corrected chi connectivity index (χ2v) is 2.36. The molecule has 1 heterocycles. The fourth-order valence-electron chi connectivity index (χ4n) is 0.959. The number of hydrogen-bond acceptors (Lipinski definition) is 2. The number of rotatable bonds is 2. The predicted molar refractivity (Wildman–Crippen MR) is 39.9 cm³/mol. The molecule has 72 valence electrons. The first-order valence-electron chi connectivity index (χ1n) is 3.46. The number of halogens is 3. The Hall–Kier alpha value is -1.30. The molecule has 0 saturated heterocycles. The Balaban J connectivity index is 3.42. The zero-order chi connectivity index (χ0) is 10.0. The maximum absolute atomic E-state index is 12.5. The van der Waals surface area contributed by atoms with Crippen LogP contribution >= 0.6 is 0 Å². The second kappa shape index (κ2) is 3.61. The summed E-state index contributed by atoms with van der Waals surface area (Å²) in [4.78, 5) is 13.1. The Morgan fingerprint density at radius 2 is 2.15 bits per heavy atom. The minimum Gasteiger partial charge on any atom is -0.361 e. The van der Waals surface area contributed by atoms with Crippen molar-refractivity contribution in [2.24, 2.45) is 5.73 Å². The summed E-state index contributed by atoms with van der Waals surface area (Å²) in [6, 6.07) is 0. The second-order valence-electron chi connectivity index (χ2n) is 2.36. The number of pyridine rings is 1. The van der Waals surface area contributed by atoms with Gasteiger partial charge in [-0.05, 0) is 0 Å². The van der Waals surface area contributed by atoms with Gasteiger partial charge in [0.2, 0.25) is 5.43 Å². The van der Waals surface area contributed by atoms with E-state index in [1.54, 1.807) is 0 Å². The SMILES string of the molecule is NCc1[nH]cc(F)c(=O)c1C(F)F. The smallest absolute Gasteiger partial charge is 0.269 e. The lowest BCUT2D eigenvalue weighted by atomic mass is 10.2. The standard InChI is InChI=1S/C7H7F3N2O/c8-3-2-12-4(1-11)5(6(3)13)7(9)10/h2,7H,1,11H2,(H,12,13). The van der Waals surface area contributed by atoms with Crippen LogP contribution in [0.1, 0.15) is 17.7 Å². The van der Waals surface area contributed by atoms with Gasteiger partial charge in [-0.15, -0.1) is 0 Å². The monoisotopic (exact) mass is 192 g/mol. The van der Waals surface area contributed by atoms with Crippen LogP contribution in [0.3, 0.4) is 0 Å². The molecule has 0 aliphatic rings. The van der Waals surface area contributed by atoms with E-state index < -0.39 is 23.2 Å². The molecule has 0 aliphatic carbocycles. The van der Waals surface area contributed by atoms with Crippen LogP contribution in [-0.4, -0.2) is 4.98 Å². The van der Waals surface area contributed by atoms with E-state index in [4.69, 9.17) is 5.73 Å².